The van der Waals surface area contributed by atoms with Crippen LogP contribution in [0.4, 0.5) is 9.59 Å². The third-order valence-corrected chi connectivity index (χ3v) is 9.04. The minimum absolute atomic E-state index is 0.00871. The summed E-state index contributed by atoms with van der Waals surface area (Å²) in [7, 11) is 0. The predicted octanol–water partition coefficient (Wildman–Crippen LogP) is 9.15. The Hall–Kier alpha value is -2.11. The van der Waals surface area contributed by atoms with Crippen molar-refractivity contribution in [3.8, 4) is 0 Å². The summed E-state index contributed by atoms with van der Waals surface area (Å²) in [5.41, 5.74) is 0. The Balaban J connectivity index is 2.35. The Morgan fingerprint density at radius 1 is 0.667 bits per heavy atom. The van der Waals surface area contributed by atoms with Crippen LogP contribution in [0.15, 0.2) is 0 Å². The molecule has 51 heavy (non-hydrogen) atoms. The molecule has 2 atom stereocenters. The number of nitrogens with one attached hydrogen (secondary N) is 1. The van der Waals surface area contributed by atoms with E-state index in [9.17, 15) is 14.4 Å². The number of likely N-dealkylation sites (tertiary alicyclic amines) is 1. The van der Waals surface area contributed by atoms with Crippen LogP contribution in [0.5, 0.6) is 0 Å². The maximum absolute atomic E-state index is 12.5. The van der Waals surface area contributed by atoms with Crippen molar-refractivity contribution in [1.29, 1.82) is 0 Å². The van der Waals surface area contributed by atoms with Crippen LogP contribution >= 0.6 is 0 Å². The van der Waals surface area contributed by atoms with Crippen molar-refractivity contribution in [2.75, 3.05) is 59.2 Å². The molecule has 1 amide bonds. The first-order valence-electron chi connectivity index (χ1n) is 20.6. The molecule has 0 aliphatic carbocycles. The monoisotopic (exact) mass is 728 g/mol. The van der Waals surface area contributed by atoms with Gasteiger partial charge < -0.3 is 38.6 Å². The number of ether oxygens (including phenoxy) is 6. The fourth-order valence-electron chi connectivity index (χ4n) is 5.85. The third-order valence-electron chi connectivity index (χ3n) is 9.04. The summed E-state index contributed by atoms with van der Waals surface area (Å²) in [5, 5.41) is 2.81. The van der Waals surface area contributed by atoms with Gasteiger partial charge in [-0.05, 0) is 58.5 Å². The Morgan fingerprint density at radius 3 is 1.80 bits per heavy atom. The van der Waals surface area contributed by atoms with Gasteiger partial charge in [-0.15, -0.1) is 0 Å². The number of carbonyl (C=O) groups is 3. The number of unbranched alkanes of at least 4 members (excludes halogenated alkanes) is 13. The van der Waals surface area contributed by atoms with Crippen molar-refractivity contribution in [2.45, 2.75) is 168 Å². The molecule has 1 saturated heterocycles. The van der Waals surface area contributed by atoms with Crippen LogP contribution in [0.25, 0.3) is 0 Å². The lowest BCUT2D eigenvalue weighted by Gasteiger charge is -2.20. The number of alkyl carbamates (subject to hydrolysis) is 1. The summed E-state index contributed by atoms with van der Waals surface area (Å²) in [6, 6.07) is 0. The molecule has 299 valence electrons. The van der Waals surface area contributed by atoms with Crippen molar-refractivity contribution in [2.24, 2.45) is 5.92 Å². The number of hydrogen-bond donors (Lipinski definition) is 1. The Kier molecular flexibility index (Phi) is 31.0. The van der Waals surface area contributed by atoms with Gasteiger partial charge in [0, 0.05) is 38.6 Å². The maximum Gasteiger partial charge on any atom is 0.508 e. The van der Waals surface area contributed by atoms with E-state index >= 15 is 0 Å². The van der Waals surface area contributed by atoms with Gasteiger partial charge in [0.05, 0.1) is 13.0 Å². The lowest BCUT2D eigenvalue weighted by molar-refractivity contribution is -0.160. The minimum atomic E-state index is -0.876. The van der Waals surface area contributed by atoms with Crippen molar-refractivity contribution in [3.05, 3.63) is 6.92 Å². The van der Waals surface area contributed by atoms with E-state index in [4.69, 9.17) is 28.4 Å². The molecule has 0 aromatic carbocycles. The molecule has 0 spiro atoms. The highest BCUT2D eigenvalue weighted by Crippen LogP contribution is 2.13. The van der Waals surface area contributed by atoms with E-state index in [1.54, 1.807) is 0 Å². The molecule has 11 heteroatoms. The van der Waals surface area contributed by atoms with Crippen molar-refractivity contribution in [1.82, 2.24) is 10.2 Å². The second-order valence-corrected chi connectivity index (χ2v) is 14.0. The zero-order valence-corrected chi connectivity index (χ0v) is 32.8. The van der Waals surface area contributed by atoms with Crippen molar-refractivity contribution in [3.63, 3.8) is 0 Å². The number of carbonyl (C=O) groups excluding carboxylic acids is 3. The van der Waals surface area contributed by atoms with Crippen molar-refractivity contribution < 1.29 is 42.8 Å². The fourth-order valence-corrected chi connectivity index (χ4v) is 5.85. The van der Waals surface area contributed by atoms with E-state index in [1.165, 1.54) is 64.2 Å². The molecule has 1 radical (unpaired) electrons. The first-order valence-corrected chi connectivity index (χ1v) is 20.6. The molecule has 1 aliphatic heterocycles. The molecule has 0 saturated carbocycles. The number of hydrogen-bond acceptors (Lipinski definition) is 10. The molecule has 1 heterocycles. The second kappa shape index (κ2) is 33.7. The minimum Gasteiger partial charge on any atom is -0.465 e. The molecule has 11 nitrogen and oxygen atoms in total. The van der Waals surface area contributed by atoms with Crippen LogP contribution < -0.4 is 5.32 Å². The van der Waals surface area contributed by atoms with Crippen LogP contribution in [-0.4, -0.2) is 94.7 Å². The molecule has 1 N–H and O–H groups in total. The number of nitrogens with zero attached hydrogens (tertiary/aromatic N) is 1. The third kappa shape index (κ3) is 29.1. The molecule has 1 fully saturated rings. The van der Waals surface area contributed by atoms with Gasteiger partial charge in [0.2, 0.25) is 0 Å². The SMILES string of the molecule is [CH2]C(COC(=O)CCC(OCCCCCCCC)OCCCCCCCC)COC(=O)OCC(CCCCCC)OC(=O)NCCN1CCCC1. The molecule has 2 unspecified atom stereocenters. The number of rotatable bonds is 34. The van der Waals surface area contributed by atoms with E-state index in [1.807, 2.05) is 0 Å². The average molecular weight is 728 g/mol. The van der Waals surface area contributed by atoms with Gasteiger partial charge >= 0.3 is 18.2 Å². The van der Waals surface area contributed by atoms with Crippen LogP contribution in [0.1, 0.15) is 156 Å². The second-order valence-electron chi connectivity index (χ2n) is 14.0. The lowest BCUT2D eigenvalue weighted by atomic mass is 10.1. The number of amides is 1. The maximum atomic E-state index is 12.5. The van der Waals surface area contributed by atoms with Gasteiger partial charge in [-0.2, -0.15) is 0 Å². The zero-order chi connectivity index (χ0) is 37.2. The van der Waals surface area contributed by atoms with Gasteiger partial charge in [-0.25, -0.2) is 9.59 Å². The first-order chi connectivity index (χ1) is 24.9. The molecular weight excluding hydrogens is 652 g/mol. The molecule has 1 rings (SSSR count). The van der Waals surface area contributed by atoms with E-state index in [0.717, 1.165) is 71.0 Å². The van der Waals surface area contributed by atoms with Gasteiger partial charge in [0.1, 0.15) is 19.3 Å². The van der Waals surface area contributed by atoms with E-state index in [2.05, 4.69) is 37.9 Å². The standard InChI is InChI=1S/C40H75N2O9/c1-5-8-11-14-16-21-30-46-38(47-31-22-17-15-12-9-6-2)25-24-37(43)48-32-35(4)33-49-40(45)50-34-36(23-18-13-10-7-3)51-39(44)41-26-29-42-27-19-20-28-42/h35-36,38H,4-34H2,1-3H3,(H,41,44). The summed E-state index contributed by atoms with van der Waals surface area (Å²) in [6.07, 6.45) is 19.4. The largest absolute Gasteiger partial charge is 0.508 e. The predicted molar refractivity (Wildman–Crippen MR) is 201 cm³/mol. The van der Waals surface area contributed by atoms with E-state index < -0.39 is 30.6 Å². The quantitative estimate of drug-likeness (QED) is 0.0297. The van der Waals surface area contributed by atoms with Crippen LogP contribution in [0, 0.1) is 12.8 Å². The van der Waals surface area contributed by atoms with Gasteiger partial charge in [-0.3, -0.25) is 4.79 Å². The number of esters is 1. The highest BCUT2D eigenvalue weighted by Gasteiger charge is 2.20. The molecular formula is C40H75N2O9. The Labute approximate surface area is 310 Å². The van der Waals surface area contributed by atoms with Gasteiger partial charge in [0.15, 0.2) is 6.29 Å². The van der Waals surface area contributed by atoms with Crippen molar-refractivity contribution >= 4 is 18.2 Å². The van der Waals surface area contributed by atoms with Gasteiger partial charge in [0.25, 0.3) is 0 Å². The highest BCUT2D eigenvalue weighted by molar-refractivity contribution is 5.69. The zero-order valence-electron chi connectivity index (χ0n) is 32.8. The van der Waals surface area contributed by atoms with E-state index in [-0.39, 0.29) is 32.2 Å². The van der Waals surface area contributed by atoms with Gasteiger partial charge in [-0.1, -0.05) is 104 Å². The van der Waals surface area contributed by atoms with Crippen LogP contribution in [0.3, 0.4) is 0 Å². The summed E-state index contributed by atoms with van der Waals surface area (Å²) in [4.78, 5) is 39.6. The summed E-state index contributed by atoms with van der Waals surface area (Å²) in [5.74, 6) is -0.836. The molecule has 1 aliphatic rings. The molecule has 0 bridgehead atoms. The van der Waals surface area contributed by atoms with Crippen LogP contribution in [-0.2, 0) is 33.2 Å². The normalized spacial score (nSPS) is 14.4. The fraction of sp³-hybridized carbons (Fsp3) is 0.900. The van der Waals surface area contributed by atoms with Crippen LogP contribution in [0.2, 0.25) is 0 Å². The summed E-state index contributed by atoms with van der Waals surface area (Å²) in [6.45, 7) is 15.0. The molecule has 0 aromatic rings. The molecule has 0 aromatic heterocycles. The Morgan fingerprint density at radius 2 is 1.20 bits per heavy atom. The average Bonchev–Trinajstić information content (AvgIpc) is 3.65. The topological polar surface area (TPSA) is 122 Å². The lowest BCUT2D eigenvalue weighted by Crippen LogP contribution is -2.36. The highest BCUT2D eigenvalue weighted by atomic mass is 16.7. The summed E-state index contributed by atoms with van der Waals surface area (Å²) >= 11 is 0. The first kappa shape index (κ1) is 46.9. The summed E-state index contributed by atoms with van der Waals surface area (Å²) < 4.78 is 33.5. The Bertz CT molecular complexity index is 823. The van der Waals surface area contributed by atoms with E-state index in [0.29, 0.717) is 32.6 Å². The smallest absolute Gasteiger partial charge is 0.465 e.